The average Bonchev–Trinajstić information content (AvgIpc) is 2.39. The van der Waals surface area contributed by atoms with Crippen molar-refractivity contribution in [2.24, 2.45) is 0 Å². The zero-order chi connectivity index (χ0) is 11.3. The quantitative estimate of drug-likeness (QED) is 0.783. The number of hydrogen-bond acceptors (Lipinski definition) is 4. The van der Waals surface area contributed by atoms with Gasteiger partial charge in [0.2, 0.25) is 0 Å². The molecular weight excluding hydrogens is 226 g/mol. The highest BCUT2D eigenvalue weighted by molar-refractivity contribution is 7.90. The molecule has 1 aromatic rings. The standard InChI is InChI=1S/C10H15N3O2S/c11-10-8-6-16(14,15)5-4-9(8)13(12-10)7-2-1-3-7/h7H,1-6H2,(H2,11,12). The van der Waals surface area contributed by atoms with E-state index in [-0.39, 0.29) is 11.5 Å². The Hall–Kier alpha value is -1.04. The van der Waals surface area contributed by atoms with Crippen molar-refractivity contribution in [3.63, 3.8) is 0 Å². The molecule has 2 N–H and O–H groups in total. The minimum Gasteiger partial charge on any atom is -0.382 e. The van der Waals surface area contributed by atoms with Gasteiger partial charge in [-0.3, -0.25) is 4.68 Å². The summed E-state index contributed by atoms with van der Waals surface area (Å²) in [6.07, 6.45) is 4.08. The van der Waals surface area contributed by atoms with Crippen LogP contribution in [0.4, 0.5) is 5.82 Å². The third kappa shape index (κ3) is 1.43. The molecule has 3 rings (SSSR count). The predicted molar refractivity (Wildman–Crippen MR) is 60.7 cm³/mol. The highest BCUT2D eigenvalue weighted by atomic mass is 32.2. The van der Waals surface area contributed by atoms with E-state index in [0.717, 1.165) is 24.1 Å². The zero-order valence-corrected chi connectivity index (χ0v) is 9.83. The summed E-state index contributed by atoms with van der Waals surface area (Å²) < 4.78 is 25.0. The summed E-state index contributed by atoms with van der Waals surface area (Å²) in [5, 5.41) is 4.31. The lowest BCUT2D eigenvalue weighted by atomic mass is 9.93. The molecular formula is C10H15N3O2S. The molecule has 1 aliphatic carbocycles. The van der Waals surface area contributed by atoms with E-state index in [1.54, 1.807) is 0 Å². The van der Waals surface area contributed by atoms with Crippen molar-refractivity contribution in [3.05, 3.63) is 11.3 Å². The van der Waals surface area contributed by atoms with Crippen LogP contribution < -0.4 is 5.73 Å². The minimum atomic E-state index is -2.95. The van der Waals surface area contributed by atoms with Crippen LogP contribution in [0.3, 0.4) is 0 Å². The molecule has 88 valence electrons. The van der Waals surface area contributed by atoms with Crippen LogP contribution in [0.25, 0.3) is 0 Å². The second-order valence-electron chi connectivity index (χ2n) is 4.68. The van der Waals surface area contributed by atoms with Gasteiger partial charge in [0.15, 0.2) is 9.84 Å². The predicted octanol–water partition coefficient (Wildman–Crippen LogP) is 0.661. The van der Waals surface area contributed by atoms with E-state index >= 15 is 0 Å². The SMILES string of the molecule is Nc1nn(C2CCC2)c2c1CS(=O)(=O)CC2. The molecule has 0 spiro atoms. The van der Waals surface area contributed by atoms with Gasteiger partial charge >= 0.3 is 0 Å². The van der Waals surface area contributed by atoms with Crippen molar-refractivity contribution >= 4 is 15.7 Å². The van der Waals surface area contributed by atoms with Crippen molar-refractivity contribution in [1.29, 1.82) is 0 Å². The lowest BCUT2D eigenvalue weighted by Crippen LogP contribution is -2.25. The van der Waals surface area contributed by atoms with Gasteiger partial charge in [0, 0.05) is 17.7 Å². The fraction of sp³-hybridized carbons (Fsp3) is 0.700. The van der Waals surface area contributed by atoms with E-state index in [1.807, 2.05) is 4.68 Å². The van der Waals surface area contributed by atoms with Crippen LogP contribution in [0.5, 0.6) is 0 Å². The maximum Gasteiger partial charge on any atom is 0.155 e. The first-order valence-corrected chi connectivity index (χ1v) is 7.45. The Kier molecular flexibility index (Phi) is 2.04. The molecule has 2 aliphatic rings. The number of nitrogen functional groups attached to an aromatic ring is 1. The molecule has 16 heavy (non-hydrogen) atoms. The molecule has 0 saturated heterocycles. The topological polar surface area (TPSA) is 78.0 Å². The maximum atomic E-state index is 11.5. The number of nitrogens with two attached hydrogens (primary N) is 1. The van der Waals surface area contributed by atoms with E-state index in [1.165, 1.54) is 6.42 Å². The smallest absolute Gasteiger partial charge is 0.155 e. The number of hydrogen-bond donors (Lipinski definition) is 1. The fourth-order valence-electron chi connectivity index (χ4n) is 2.42. The first kappa shape index (κ1) is 10.1. The van der Waals surface area contributed by atoms with Gasteiger partial charge in [-0.2, -0.15) is 5.10 Å². The van der Waals surface area contributed by atoms with E-state index in [2.05, 4.69) is 5.10 Å². The van der Waals surface area contributed by atoms with Crippen molar-refractivity contribution in [3.8, 4) is 0 Å². The lowest BCUT2D eigenvalue weighted by Gasteiger charge is -2.28. The Morgan fingerprint density at radius 3 is 2.75 bits per heavy atom. The van der Waals surface area contributed by atoms with Gasteiger partial charge in [0.05, 0.1) is 17.5 Å². The molecule has 0 amide bonds. The van der Waals surface area contributed by atoms with E-state index < -0.39 is 9.84 Å². The summed E-state index contributed by atoms with van der Waals surface area (Å²) in [5.74, 6) is 0.712. The van der Waals surface area contributed by atoms with Crippen LogP contribution in [0.1, 0.15) is 36.6 Å². The number of sulfone groups is 1. The van der Waals surface area contributed by atoms with Gasteiger partial charge in [0.1, 0.15) is 5.82 Å². The van der Waals surface area contributed by atoms with Crippen molar-refractivity contribution in [2.45, 2.75) is 37.5 Å². The third-order valence-electron chi connectivity index (χ3n) is 3.58. The molecule has 1 aromatic heterocycles. The van der Waals surface area contributed by atoms with Gasteiger partial charge in [-0.25, -0.2) is 8.42 Å². The largest absolute Gasteiger partial charge is 0.382 e. The summed E-state index contributed by atoms with van der Waals surface area (Å²) in [6, 6.07) is 0.451. The van der Waals surface area contributed by atoms with Gasteiger partial charge in [-0.15, -0.1) is 0 Å². The monoisotopic (exact) mass is 241 g/mol. The van der Waals surface area contributed by atoms with Crippen LogP contribution in [-0.4, -0.2) is 24.0 Å². The van der Waals surface area contributed by atoms with Crippen LogP contribution >= 0.6 is 0 Å². The number of anilines is 1. The number of rotatable bonds is 1. The number of fused-ring (bicyclic) bond motifs is 1. The van der Waals surface area contributed by atoms with Crippen molar-refractivity contribution < 1.29 is 8.42 Å². The van der Waals surface area contributed by atoms with Crippen LogP contribution in [0.2, 0.25) is 0 Å². The number of aromatic nitrogens is 2. The molecule has 0 aromatic carbocycles. The molecule has 1 saturated carbocycles. The van der Waals surface area contributed by atoms with Gasteiger partial charge in [0.25, 0.3) is 0 Å². The average molecular weight is 241 g/mol. The zero-order valence-electron chi connectivity index (χ0n) is 9.02. The third-order valence-corrected chi connectivity index (χ3v) is 5.14. The van der Waals surface area contributed by atoms with Gasteiger partial charge in [-0.1, -0.05) is 0 Å². The summed E-state index contributed by atoms with van der Waals surface area (Å²) in [7, 11) is -2.95. The van der Waals surface area contributed by atoms with Crippen LogP contribution in [0, 0.1) is 0 Å². The molecule has 1 fully saturated rings. The lowest BCUT2D eigenvalue weighted by molar-refractivity contribution is 0.283. The van der Waals surface area contributed by atoms with Gasteiger partial charge in [-0.05, 0) is 19.3 Å². The Morgan fingerprint density at radius 1 is 1.38 bits per heavy atom. The van der Waals surface area contributed by atoms with E-state index in [4.69, 9.17) is 5.73 Å². The Morgan fingerprint density at radius 2 is 2.12 bits per heavy atom. The molecule has 0 unspecified atom stereocenters. The summed E-state index contributed by atoms with van der Waals surface area (Å²) in [4.78, 5) is 0. The maximum absolute atomic E-state index is 11.5. The van der Waals surface area contributed by atoms with Crippen LogP contribution in [0.15, 0.2) is 0 Å². The van der Waals surface area contributed by atoms with Crippen molar-refractivity contribution in [2.75, 3.05) is 11.5 Å². The Balaban J connectivity index is 2.05. The molecule has 6 heteroatoms. The molecule has 2 heterocycles. The summed E-state index contributed by atoms with van der Waals surface area (Å²) >= 11 is 0. The summed E-state index contributed by atoms with van der Waals surface area (Å²) in [6.45, 7) is 0. The minimum absolute atomic E-state index is 0.0703. The summed E-state index contributed by atoms with van der Waals surface area (Å²) in [5.41, 5.74) is 7.60. The molecule has 0 radical (unpaired) electrons. The Bertz CT molecular complexity index is 529. The highest BCUT2D eigenvalue weighted by Gasteiger charge is 2.31. The molecule has 5 nitrogen and oxygen atoms in total. The van der Waals surface area contributed by atoms with E-state index in [9.17, 15) is 8.42 Å². The Labute approximate surface area is 94.5 Å². The normalized spacial score (nSPS) is 23.8. The number of nitrogens with zero attached hydrogens (tertiary/aromatic N) is 2. The van der Waals surface area contributed by atoms with Crippen LogP contribution in [-0.2, 0) is 22.0 Å². The fourth-order valence-corrected chi connectivity index (χ4v) is 3.83. The first-order valence-electron chi connectivity index (χ1n) is 5.63. The second kappa shape index (κ2) is 3.23. The second-order valence-corrected chi connectivity index (χ2v) is 6.87. The van der Waals surface area contributed by atoms with Crippen molar-refractivity contribution in [1.82, 2.24) is 9.78 Å². The van der Waals surface area contributed by atoms with E-state index in [0.29, 0.717) is 18.3 Å². The van der Waals surface area contributed by atoms with Gasteiger partial charge < -0.3 is 5.73 Å². The highest BCUT2D eigenvalue weighted by Crippen LogP contribution is 2.36. The molecule has 0 bridgehead atoms. The molecule has 1 aliphatic heterocycles. The molecule has 0 atom stereocenters. The first-order chi connectivity index (χ1) is 7.57.